The molecule has 150 valence electrons. The zero-order valence-electron chi connectivity index (χ0n) is 16.7. The van der Waals surface area contributed by atoms with Crippen molar-refractivity contribution in [1.82, 2.24) is 9.97 Å². The Morgan fingerprint density at radius 1 is 1.03 bits per heavy atom. The van der Waals surface area contributed by atoms with Crippen molar-refractivity contribution < 1.29 is 14.3 Å². The molecule has 6 nitrogen and oxygen atoms in total. The summed E-state index contributed by atoms with van der Waals surface area (Å²) < 4.78 is 4.87. The van der Waals surface area contributed by atoms with Crippen LogP contribution in [0.1, 0.15) is 21.5 Å². The Balaban J connectivity index is 1.64. The van der Waals surface area contributed by atoms with E-state index in [1.807, 2.05) is 55.5 Å². The Morgan fingerprint density at radius 2 is 1.80 bits per heavy atom. The van der Waals surface area contributed by atoms with Crippen molar-refractivity contribution in [2.45, 2.75) is 13.3 Å². The second-order valence-corrected chi connectivity index (χ2v) is 7.10. The van der Waals surface area contributed by atoms with Gasteiger partial charge in [0, 0.05) is 11.3 Å². The third-order valence-corrected chi connectivity index (χ3v) is 4.79. The summed E-state index contributed by atoms with van der Waals surface area (Å²) in [6.07, 6.45) is 0.239. The van der Waals surface area contributed by atoms with E-state index < -0.39 is 5.97 Å². The largest absolute Gasteiger partial charge is 0.465 e. The molecular formula is C24H21N3O3. The first-order valence-corrected chi connectivity index (χ1v) is 9.56. The summed E-state index contributed by atoms with van der Waals surface area (Å²) >= 11 is 0. The lowest BCUT2D eigenvalue weighted by atomic mass is 10.1. The van der Waals surface area contributed by atoms with Crippen LogP contribution in [0.2, 0.25) is 0 Å². The zero-order chi connectivity index (χ0) is 21.1. The number of carbonyl (C=O) groups is 2. The third-order valence-electron chi connectivity index (χ3n) is 4.79. The third kappa shape index (κ3) is 4.22. The first-order valence-electron chi connectivity index (χ1n) is 9.56. The van der Waals surface area contributed by atoms with Crippen LogP contribution >= 0.6 is 0 Å². The van der Waals surface area contributed by atoms with Crippen LogP contribution in [0, 0.1) is 6.92 Å². The molecular weight excluding hydrogens is 378 g/mol. The van der Waals surface area contributed by atoms with E-state index in [4.69, 9.17) is 4.74 Å². The number of hydrogen-bond acceptors (Lipinski definition) is 4. The number of rotatable bonds is 5. The van der Waals surface area contributed by atoms with Crippen molar-refractivity contribution >= 4 is 28.6 Å². The van der Waals surface area contributed by atoms with Gasteiger partial charge in [-0.3, -0.25) is 4.79 Å². The Morgan fingerprint density at radius 3 is 2.53 bits per heavy atom. The van der Waals surface area contributed by atoms with E-state index in [0.717, 1.165) is 22.2 Å². The molecule has 1 amide bonds. The highest BCUT2D eigenvalue weighted by Gasteiger charge is 2.14. The first kappa shape index (κ1) is 19.4. The number of nitrogens with zero attached hydrogens (tertiary/aromatic N) is 1. The van der Waals surface area contributed by atoms with Gasteiger partial charge in [0.15, 0.2) is 0 Å². The van der Waals surface area contributed by atoms with Gasteiger partial charge in [0.25, 0.3) is 0 Å². The van der Waals surface area contributed by atoms with Crippen LogP contribution in [-0.2, 0) is 16.0 Å². The molecule has 0 spiro atoms. The summed E-state index contributed by atoms with van der Waals surface area (Å²) in [5, 5.41) is 2.88. The first-order chi connectivity index (χ1) is 14.5. The lowest BCUT2D eigenvalue weighted by Crippen LogP contribution is -2.15. The Kier molecular flexibility index (Phi) is 5.30. The minimum atomic E-state index is -0.484. The average molecular weight is 399 g/mol. The number of benzene rings is 3. The van der Waals surface area contributed by atoms with Gasteiger partial charge >= 0.3 is 5.97 Å². The zero-order valence-corrected chi connectivity index (χ0v) is 16.7. The molecule has 0 fully saturated rings. The smallest absolute Gasteiger partial charge is 0.337 e. The van der Waals surface area contributed by atoms with Gasteiger partial charge in [-0.2, -0.15) is 0 Å². The van der Waals surface area contributed by atoms with Crippen molar-refractivity contribution in [2.75, 3.05) is 12.4 Å². The van der Waals surface area contributed by atoms with Crippen LogP contribution in [-0.4, -0.2) is 29.0 Å². The highest BCUT2D eigenvalue weighted by Crippen LogP contribution is 2.26. The molecule has 0 aliphatic heterocycles. The molecule has 0 aliphatic carbocycles. The maximum atomic E-state index is 12.6. The van der Waals surface area contributed by atoms with Crippen LogP contribution in [0.3, 0.4) is 0 Å². The predicted octanol–water partition coefficient (Wildman–Crippen LogP) is 4.51. The minimum Gasteiger partial charge on any atom is -0.465 e. The van der Waals surface area contributed by atoms with E-state index in [0.29, 0.717) is 22.6 Å². The number of imidazole rings is 1. The number of nitrogens with one attached hydrogen (secondary N) is 2. The molecule has 0 saturated carbocycles. The summed E-state index contributed by atoms with van der Waals surface area (Å²) in [6, 6.07) is 20.6. The van der Waals surface area contributed by atoms with Crippen molar-refractivity contribution in [3.05, 3.63) is 83.4 Å². The van der Waals surface area contributed by atoms with E-state index in [2.05, 4.69) is 15.3 Å². The number of para-hydroxylation sites is 2. The van der Waals surface area contributed by atoms with Gasteiger partial charge in [0.2, 0.25) is 5.91 Å². The van der Waals surface area contributed by atoms with Crippen LogP contribution in [0.5, 0.6) is 0 Å². The molecule has 6 heteroatoms. The summed E-state index contributed by atoms with van der Waals surface area (Å²) in [4.78, 5) is 32.6. The Bertz CT molecular complexity index is 1190. The van der Waals surface area contributed by atoms with Gasteiger partial charge in [-0.05, 0) is 42.8 Å². The summed E-state index contributed by atoms with van der Waals surface area (Å²) in [6.45, 7) is 2.00. The number of hydrogen-bond donors (Lipinski definition) is 2. The fourth-order valence-corrected chi connectivity index (χ4v) is 3.26. The number of aromatic nitrogens is 2. The number of carbonyl (C=O) groups excluding carboxylic acids is 2. The maximum Gasteiger partial charge on any atom is 0.337 e. The minimum absolute atomic E-state index is 0.170. The average Bonchev–Trinajstić information content (AvgIpc) is 3.19. The number of ether oxygens (including phenoxy) is 1. The van der Waals surface area contributed by atoms with E-state index in [9.17, 15) is 9.59 Å². The molecule has 4 aromatic rings. The molecule has 30 heavy (non-hydrogen) atoms. The summed E-state index contributed by atoms with van der Waals surface area (Å²) in [5.41, 5.74) is 5.29. The summed E-state index contributed by atoms with van der Waals surface area (Å²) in [7, 11) is 1.33. The second-order valence-electron chi connectivity index (χ2n) is 7.10. The van der Waals surface area contributed by atoms with Crippen molar-refractivity contribution in [2.24, 2.45) is 0 Å². The molecule has 1 aromatic heterocycles. The van der Waals surface area contributed by atoms with Gasteiger partial charge in [-0.15, -0.1) is 0 Å². The number of methoxy groups -OCH3 is 1. The molecule has 0 bridgehead atoms. The van der Waals surface area contributed by atoms with Crippen LogP contribution in [0.15, 0.2) is 66.7 Å². The van der Waals surface area contributed by atoms with Gasteiger partial charge in [-0.1, -0.05) is 42.0 Å². The molecule has 3 aromatic carbocycles. The topological polar surface area (TPSA) is 84.1 Å². The van der Waals surface area contributed by atoms with Crippen molar-refractivity contribution in [1.29, 1.82) is 0 Å². The molecule has 0 radical (unpaired) electrons. The quantitative estimate of drug-likeness (QED) is 0.484. The lowest BCUT2D eigenvalue weighted by molar-refractivity contribution is -0.115. The Hall–Kier alpha value is -3.93. The molecule has 0 atom stereocenters. The summed E-state index contributed by atoms with van der Waals surface area (Å²) in [5.74, 6) is -0.0468. The van der Waals surface area contributed by atoms with E-state index in [1.165, 1.54) is 7.11 Å². The van der Waals surface area contributed by atoms with E-state index in [1.54, 1.807) is 18.2 Å². The monoisotopic (exact) mass is 399 g/mol. The highest BCUT2D eigenvalue weighted by molar-refractivity contribution is 5.97. The molecule has 2 N–H and O–H groups in total. The molecule has 1 heterocycles. The van der Waals surface area contributed by atoms with Gasteiger partial charge in [0.1, 0.15) is 5.82 Å². The van der Waals surface area contributed by atoms with Crippen molar-refractivity contribution in [3.63, 3.8) is 0 Å². The number of fused-ring (bicyclic) bond motifs is 1. The van der Waals surface area contributed by atoms with E-state index in [-0.39, 0.29) is 12.3 Å². The predicted molar refractivity (Wildman–Crippen MR) is 116 cm³/mol. The normalized spacial score (nSPS) is 10.7. The fraction of sp³-hybridized carbons (Fsp3) is 0.125. The highest BCUT2D eigenvalue weighted by atomic mass is 16.5. The number of H-pyrrole nitrogens is 1. The molecule has 0 saturated heterocycles. The van der Waals surface area contributed by atoms with Crippen LogP contribution < -0.4 is 5.32 Å². The molecule has 4 rings (SSSR count). The second kappa shape index (κ2) is 8.21. The van der Waals surface area contributed by atoms with Gasteiger partial charge in [-0.25, -0.2) is 9.78 Å². The standard InChI is InChI=1S/C24H21N3O3/c1-15-7-9-16(10-8-15)11-22(28)25-19-13-17(12-18(14-19)24(29)30-2)23-26-20-5-3-4-6-21(20)27-23/h3-10,12-14H,11H2,1-2H3,(H,25,28)(H,26,27). The van der Waals surface area contributed by atoms with Gasteiger partial charge in [0.05, 0.1) is 30.1 Å². The molecule has 0 unspecified atom stereocenters. The number of aryl methyl sites for hydroxylation is 1. The van der Waals surface area contributed by atoms with Gasteiger partial charge < -0.3 is 15.0 Å². The number of anilines is 1. The van der Waals surface area contributed by atoms with Crippen LogP contribution in [0.25, 0.3) is 22.4 Å². The number of aromatic amines is 1. The fourth-order valence-electron chi connectivity index (χ4n) is 3.26. The number of esters is 1. The lowest BCUT2D eigenvalue weighted by Gasteiger charge is -2.10. The maximum absolute atomic E-state index is 12.6. The van der Waals surface area contributed by atoms with E-state index >= 15 is 0 Å². The molecule has 0 aliphatic rings. The SMILES string of the molecule is COC(=O)c1cc(NC(=O)Cc2ccc(C)cc2)cc(-c2nc3ccccc3[nH]2)c1. The van der Waals surface area contributed by atoms with Crippen molar-refractivity contribution in [3.8, 4) is 11.4 Å². The Labute approximate surface area is 173 Å². The number of amides is 1. The van der Waals surface area contributed by atoms with Crippen LogP contribution in [0.4, 0.5) is 5.69 Å².